The van der Waals surface area contributed by atoms with E-state index in [1.165, 1.54) is 24.8 Å². The van der Waals surface area contributed by atoms with Gasteiger partial charge in [0.25, 0.3) is 0 Å². The number of amides is 1. The molecule has 0 aliphatic rings. The van der Waals surface area contributed by atoms with Crippen LogP contribution in [0.4, 0.5) is 16.4 Å². The Kier molecular flexibility index (Phi) is 10.4. The normalized spacial score (nSPS) is 11.6. The molecule has 0 saturated carbocycles. The number of carbonyl (C=O) groups is 1. The van der Waals surface area contributed by atoms with Gasteiger partial charge in [0.05, 0.1) is 24.5 Å². The van der Waals surface area contributed by atoms with E-state index in [0.717, 1.165) is 19.3 Å². The molecule has 0 aliphatic carbocycles. The van der Waals surface area contributed by atoms with E-state index in [-0.39, 0.29) is 30.7 Å². The van der Waals surface area contributed by atoms with Crippen molar-refractivity contribution in [1.29, 1.82) is 0 Å². The first-order chi connectivity index (χ1) is 17.6. The molecule has 1 aromatic heterocycles. The molecule has 1 heterocycles. The van der Waals surface area contributed by atoms with Crippen molar-refractivity contribution in [2.45, 2.75) is 39.5 Å². The summed E-state index contributed by atoms with van der Waals surface area (Å²) in [5, 5.41) is 10.7. The number of aromatic hydroxyl groups is 1. The number of rotatable bonds is 13. The molecule has 2 aromatic carbocycles. The molecule has 9 heteroatoms. The van der Waals surface area contributed by atoms with E-state index in [2.05, 4.69) is 28.8 Å². The molecule has 9 nitrogen and oxygen atoms in total. The fourth-order valence-electron chi connectivity index (χ4n) is 3.58. The number of phenolic OH excluding ortho intramolecular Hbond substituents is 1. The van der Waals surface area contributed by atoms with Crippen molar-refractivity contribution in [2.24, 2.45) is 5.92 Å². The van der Waals surface area contributed by atoms with Crippen LogP contribution in [0.25, 0.3) is 11.4 Å². The smallest absolute Gasteiger partial charge is 0.421 e. The number of hydrogen-bond donors (Lipinski definition) is 1. The van der Waals surface area contributed by atoms with Crippen LogP contribution in [0.3, 0.4) is 0 Å². The fourth-order valence-corrected chi connectivity index (χ4v) is 3.58. The average Bonchev–Trinajstić information content (AvgIpc) is 2.90. The number of aromatic nitrogens is 3. The number of phenols is 1. The van der Waals surface area contributed by atoms with Crippen molar-refractivity contribution in [2.75, 3.05) is 31.8 Å². The van der Waals surface area contributed by atoms with Crippen molar-refractivity contribution in [3.63, 3.8) is 0 Å². The molecule has 0 bridgehead atoms. The summed E-state index contributed by atoms with van der Waals surface area (Å²) in [5.74, 6) is 1.30. The molecule has 0 aliphatic heterocycles. The zero-order chi connectivity index (χ0) is 25.8. The number of unbranched alkanes of at least 4 members (excludes halogenated alkanes) is 1. The summed E-state index contributed by atoms with van der Waals surface area (Å²) in [6.45, 7) is 5.28. The maximum Gasteiger partial charge on any atom is 0.421 e. The van der Waals surface area contributed by atoms with Crippen LogP contribution in [-0.4, -0.2) is 53.1 Å². The van der Waals surface area contributed by atoms with Crippen molar-refractivity contribution < 1.29 is 24.1 Å². The minimum absolute atomic E-state index is 0.0276. The highest BCUT2D eigenvalue weighted by Crippen LogP contribution is 2.32. The summed E-state index contributed by atoms with van der Waals surface area (Å²) >= 11 is 0. The van der Waals surface area contributed by atoms with Crippen LogP contribution in [0, 0.1) is 5.92 Å². The zero-order valence-electron chi connectivity index (χ0n) is 21.1. The van der Waals surface area contributed by atoms with E-state index in [1.807, 2.05) is 6.07 Å². The molecular formula is C27H34N4O5. The topological polar surface area (TPSA) is 107 Å². The predicted octanol–water partition coefficient (Wildman–Crippen LogP) is 5.76. The highest BCUT2D eigenvalue weighted by atomic mass is 16.6. The molecule has 1 amide bonds. The number of ether oxygens (including phenoxy) is 3. The van der Waals surface area contributed by atoms with Crippen molar-refractivity contribution in [3.8, 4) is 22.9 Å². The second kappa shape index (κ2) is 14.0. The lowest BCUT2D eigenvalue weighted by Crippen LogP contribution is -2.29. The van der Waals surface area contributed by atoms with E-state index in [0.29, 0.717) is 29.5 Å². The van der Waals surface area contributed by atoms with Gasteiger partial charge in [-0.05, 0) is 36.6 Å². The molecule has 0 saturated heterocycles. The summed E-state index contributed by atoms with van der Waals surface area (Å²) in [7, 11) is 1.53. The third kappa shape index (κ3) is 7.39. The molecule has 36 heavy (non-hydrogen) atoms. The van der Waals surface area contributed by atoms with E-state index < -0.39 is 6.09 Å². The predicted molar refractivity (Wildman–Crippen MR) is 138 cm³/mol. The molecular weight excluding hydrogens is 460 g/mol. The molecule has 192 valence electrons. The standard InChI is InChI=1S/C27H34N4O5/c1-4-6-10-20(5-2)18-36-22-13-14-23(24(32)17-22)25-28-19-29-26(30-25)31(21-11-8-7-9-12-21)27(33)35-16-15-34-3/h7-9,11-14,17,19-20,32H,4-6,10,15-16,18H2,1-3H3. The van der Waals surface area contributed by atoms with E-state index in [1.54, 1.807) is 42.5 Å². The molecule has 3 aromatic rings. The van der Waals surface area contributed by atoms with E-state index >= 15 is 0 Å². The number of para-hydroxylation sites is 1. The van der Waals surface area contributed by atoms with Crippen molar-refractivity contribution in [1.82, 2.24) is 15.0 Å². The molecule has 3 rings (SSSR count). The van der Waals surface area contributed by atoms with Gasteiger partial charge in [-0.15, -0.1) is 0 Å². The van der Waals surface area contributed by atoms with Crippen molar-refractivity contribution >= 4 is 17.7 Å². The van der Waals surface area contributed by atoms with E-state index in [4.69, 9.17) is 14.2 Å². The Morgan fingerprint density at radius 1 is 1.08 bits per heavy atom. The number of methoxy groups -OCH3 is 1. The summed E-state index contributed by atoms with van der Waals surface area (Å²) < 4.78 is 16.2. The molecule has 1 unspecified atom stereocenters. The molecule has 1 N–H and O–H groups in total. The Hall–Kier alpha value is -3.72. The maximum absolute atomic E-state index is 12.9. The Bertz CT molecular complexity index is 1100. The number of anilines is 2. The zero-order valence-corrected chi connectivity index (χ0v) is 21.1. The highest BCUT2D eigenvalue weighted by Gasteiger charge is 2.23. The minimum Gasteiger partial charge on any atom is -0.507 e. The summed E-state index contributed by atoms with van der Waals surface area (Å²) in [4.78, 5) is 27.0. The van der Waals surface area contributed by atoms with Gasteiger partial charge in [-0.25, -0.2) is 19.7 Å². The van der Waals surface area contributed by atoms with E-state index in [9.17, 15) is 9.90 Å². The largest absolute Gasteiger partial charge is 0.507 e. The number of carbonyl (C=O) groups excluding carboxylic acids is 1. The van der Waals surface area contributed by atoms with Crippen LogP contribution in [0.1, 0.15) is 39.5 Å². The van der Waals surface area contributed by atoms with Crippen LogP contribution in [0.2, 0.25) is 0 Å². The van der Waals surface area contributed by atoms with Gasteiger partial charge >= 0.3 is 6.09 Å². The van der Waals surface area contributed by atoms with Gasteiger partial charge < -0.3 is 19.3 Å². The van der Waals surface area contributed by atoms with Crippen LogP contribution in [0.15, 0.2) is 54.9 Å². The van der Waals surface area contributed by atoms with Gasteiger partial charge in [-0.3, -0.25) is 0 Å². The monoisotopic (exact) mass is 494 g/mol. The molecule has 0 spiro atoms. The second-order valence-corrected chi connectivity index (χ2v) is 8.29. The molecule has 1 atom stereocenters. The number of benzene rings is 2. The van der Waals surface area contributed by atoms with Gasteiger partial charge in [0.15, 0.2) is 5.82 Å². The third-order valence-corrected chi connectivity index (χ3v) is 5.71. The Morgan fingerprint density at radius 3 is 2.58 bits per heavy atom. The third-order valence-electron chi connectivity index (χ3n) is 5.71. The van der Waals surface area contributed by atoms with Crippen LogP contribution in [0.5, 0.6) is 11.5 Å². The maximum atomic E-state index is 12.9. The highest BCUT2D eigenvalue weighted by molar-refractivity contribution is 5.94. The lowest BCUT2D eigenvalue weighted by molar-refractivity contribution is 0.104. The number of nitrogens with zero attached hydrogens (tertiary/aromatic N) is 4. The van der Waals surface area contributed by atoms with Gasteiger partial charge in [-0.2, -0.15) is 4.98 Å². The first-order valence-corrected chi connectivity index (χ1v) is 12.2. The summed E-state index contributed by atoms with van der Waals surface area (Å²) in [6.07, 6.45) is 5.14. The molecule has 0 radical (unpaired) electrons. The lowest BCUT2D eigenvalue weighted by Gasteiger charge is -2.20. The lowest BCUT2D eigenvalue weighted by atomic mass is 10.0. The van der Waals surface area contributed by atoms with Crippen LogP contribution in [-0.2, 0) is 9.47 Å². The fraction of sp³-hybridized carbons (Fsp3) is 0.407. The first kappa shape index (κ1) is 26.9. The van der Waals surface area contributed by atoms with Crippen LogP contribution >= 0.6 is 0 Å². The Labute approximate surface area is 212 Å². The van der Waals surface area contributed by atoms with Gasteiger partial charge in [0, 0.05) is 13.2 Å². The second-order valence-electron chi connectivity index (χ2n) is 8.29. The summed E-state index contributed by atoms with van der Waals surface area (Å²) in [6, 6.07) is 13.9. The minimum atomic E-state index is -0.656. The van der Waals surface area contributed by atoms with Crippen LogP contribution < -0.4 is 9.64 Å². The quantitative estimate of drug-likeness (QED) is 0.299. The first-order valence-electron chi connectivity index (χ1n) is 12.2. The molecule has 0 fully saturated rings. The van der Waals surface area contributed by atoms with Gasteiger partial charge in [0.1, 0.15) is 24.4 Å². The number of hydrogen-bond acceptors (Lipinski definition) is 8. The summed E-state index contributed by atoms with van der Waals surface area (Å²) in [5.41, 5.74) is 0.920. The van der Waals surface area contributed by atoms with Gasteiger partial charge in [0.2, 0.25) is 5.95 Å². The Balaban J connectivity index is 1.82. The van der Waals surface area contributed by atoms with Crippen molar-refractivity contribution in [3.05, 3.63) is 54.9 Å². The average molecular weight is 495 g/mol. The van der Waals surface area contributed by atoms with Gasteiger partial charge in [-0.1, -0.05) is 51.3 Å². The SMILES string of the molecule is CCCCC(CC)COc1ccc(-c2ncnc(N(C(=O)OCCOC)c3ccccc3)n2)c(O)c1. The Morgan fingerprint density at radius 2 is 1.89 bits per heavy atom.